The summed E-state index contributed by atoms with van der Waals surface area (Å²) in [5.74, 6) is 0. The zero-order valence-electron chi connectivity index (χ0n) is 6.85. The van der Waals surface area contributed by atoms with Crippen molar-refractivity contribution in [3.63, 3.8) is 0 Å². The van der Waals surface area contributed by atoms with E-state index in [1.165, 1.54) is 0 Å². The minimum atomic E-state index is -4.75. The minimum Gasteiger partial charge on any atom is -0.511 e. The van der Waals surface area contributed by atoms with Crippen LogP contribution in [0.5, 0.6) is 0 Å². The van der Waals surface area contributed by atoms with Crippen LogP contribution in [0.15, 0.2) is 0 Å². The predicted octanol–water partition coefficient (Wildman–Crippen LogP) is 3.01. The number of quaternary nitrogens is 1. The molecule has 0 fully saturated rings. The fourth-order valence-corrected chi connectivity index (χ4v) is 0. The molecule has 0 saturated heterocycles. The van der Waals surface area contributed by atoms with Crippen LogP contribution >= 0.6 is 0 Å². The topological polar surface area (TPSA) is 43.4 Å². The highest BCUT2D eigenvalue weighted by molar-refractivity contribution is 7.74. The SMILES string of the molecule is FN(F)F.F[SiH](F)F.O=S(F)F.[O-][N+](F)(F)F. The Balaban J connectivity index is -0.0000000667. The van der Waals surface area contributed by atoms with E-state index in [1.54, 1.807) is 0 Å². The normalized spacial score (nSPS) is 9.82. The van der Waals surface area contributed by atoms with Crippen molar-refractivity contribution in [3.05, 3.63) is 5.21 Å². The molecule has 0 aliphatic rings. The van der Waals surface area contributed by atoms with Crippen LogP contribution < -0.4 is 0 Å². The summed E-state index contributed by atoms with van der Waals surface area (Å²) in [5, 5.41) is 3.29. The van der Waals surface area contributed by atoms with Crippen LogP contribution in [-0.2, 0) is 11.6 Å². The molecule has 0 aromatic rings. The Morgan fingerprint density at radius 1 is 1.00 bits per heavy atom. The summed E-state index contributed by atoms with van der Waals surface area (Å²) >= 11 is -3.61. The lowest BCUT2D eigenvalue weighted by atomic mass is 13.1. The molecule has 17 heavy (non-hydrogen) atoms. The third-order valence-corrected chi connectivity index (χ3v) is 0. The van der Waals surface area contributed by atoms with Gasteiger partial charge in [0.05, 0.1) is 13.4 Å². The van der Waals surface area contributed by atoms with E-state index in [2.05, 4.69) is 0 Å². The smallest absolute Gasteiger partial charge is 0.511 e. The summed E-state index contributed by atoms with van der Waals surface area (Å²) in [6.45, 7) is 0. The lowest BCUT2D eigenvalue weighted by Crippen LogP contribution is -2.04. The van der Waals surface area contributed by atoms with Crippen molar-refractivity contribution in [2.75, 3.05) is 0 Å². The van der Waals surface area contributed by atoms with Gasteiger partial charge in [-0.1, -0.05) is 21.2 Å². The van der Waals surface area contributed by atoms with Gasteiger partial charge in [-0.25, -0.2) is 12.3 Å². The van der Waals surface area contributed by atoms with Crippen molar-refractivity contribution >= 4 is 21.4 Å². The number of hydrogen-bond donors (Lipinski definition) is 0. The van der Waals surface area contributed by atoms with Gasteiger partial charge in [-0.05, 0) is 0 Å². The number of rotatable bonds is 0. The van der Waals surface area contributed by atoms with E-state index in [1.807, 2.05) is 0 Å². The highest BCUT2D eigenvalue weighted by Crippen LogP contribution is 2.03. The van der Waals surface area contributed by atoms with E-state index in [-0.39, 0.29) is 0 Å². The predicted molar refractivity (Wildman–Crippen MR) is 32.9 cm³/mol. The van der Waals surface area contributed by atoms with Crippen LogP contribution in [0.2, 0.25) is 0 Å². The van der Waals surface area contributed by atoms with Crippen LogP contribution in [-0.4, -0.2) is 24.9 Å². The molecule has 0 bridgehead atoms. The highest BCUT2D eigenvalue weighted by Gasteiger charge is 2.11. The summed E-state index contributed by atoms with van der Waals surface area (Å²) in [6, 6.07) is 0. The van der Waals surface area contributed by atoms with Gasteiger partial charge in [0, 0.05) is 0 Å². The monoisotopic (exact) mass is 330 g/mol. The lowest BCUT2D eigenvalue weighted by molar-refractivity contribution is -1.24. The molecule has 0 amide bonds. The van der Waals surface area contributed by atoms with E-state index in [4.69, 9.17) is 9.42 Å². The van der Waals surface area contributed by atoms with Gasteiger partial charge in [0.2, 0.25) is 5.31 Å². The van der Waals surface area contributed by atoms with Crippen molar-refractivity contribution in [2.45, 2.75) is 0 Å². The number of nitrogens with zero attached hydrogens (tertiary/aromatic N) is 2. The first-order valence-corrected chi connectivity index (χ1v) is 4.59. The molecule has 17 heteroatoms. The first-order valence-electron chi connectivity index (χ1n) is 2.33. The van der Waals surface area contributed by atoms with Crippen molar-refractivity contribution in [2.24, 2.45) is 0 Å². The first kappa shape index (κ1) is 25.4. The number of hydrogen-bond acceptors (Lipinski definition) is 3. The fraction of sp³-hybridized carbons (Fsp3) is 0. The largest absolute Gasteiger partial charge is 0.599 e. The summed E-state index contributed by atoms with van der Waals surface area (Å²) < 4.78 is 115. The van der Waals surface area contributed by atoms with E-state index < -0.39 is 32.2 Å². The standard InChI is InChI=1S/F3NO.F3N.F3HSi.F2OS/c1-4(2,3)5;3*1-4(2)3/h;;4H;. The van der Waals surface area contributed by atoms with Crippen molar-refractivity contribution in [1.82, 2.24) is 5.57 Å². The van der Waals surface area contributed by atoms with E-state index in [0.717, 1.165) is 0 Å². The molecule has 0 heterocycles. The molecular weight excluding hydrogens is 329 g/mol. The average Bonchev–Trinajstić information content (AvgIpc) is 1.73. The van der Waals surface area contributed by atoms with Crippen LogP contribution in [0.4, 0.5) is 47.0 Å². The number of halogens is 11. The average molecular weight is 330 g/mol. The Morgan fingerprint density at radius 3 is 1.00 bits per heavy atom. The Labute approximate surface area is 89.8 Å². The molecule has 0 rings (SSSR count). The molecule has 0 aromatic carbocycles. The molecule has 0 unspecified atom stereocenters. The quantitative estimate of drug-likeness (QED) is 0.171. The summed E-state index contributed by atoms with van der Waals surface area (Å²) in [5.41, 5.74) is -2.50. The highest BCUT2D eigenvalue weighted by atomic mass is 32.2. The van der Waals surface area contributed by atoms with E-state index in [0.29, 0.717) is 0 Å². The molecular formula is HF11N2O2SSi. The van der Waals surface area contributed by atoms with Gasteiger partial charge in [-0.3, -0.25) is 0 Å². The molecule has 0 atom stereocenters. The van der Waals surface area contributed by atoms with Crippen LogP contribution in [0, 0.1) is 5.21 Å². The van der Waals surface area contributed by atoms with Gasteiger partial charge in [-0.2, -0.15) is 4.21 Å². The Bertz CT molecular complexity index is 139. The molecule has 0 aliphatic heterocycles. The maximum Gasteiger partial charge on any atom is 0.599 e. The second-order valence-corrected chi connectivity index (χ2v) is 1.89. The van der Waals surface area contributed by atoms with Gasteiger partial charge in [0.25, 0.3) is 0 Å². The molecule has 0 aliphatic carbocycles. The van der Waals surface area contributed by atoms with Crippen molar-refractivity contribution in [1.29, 1.82) is 0 Å². The fourth-order valence-electron chi connectivity index (χ4n) is 0. The maximum absolute atomic E-state index is 9.81. The van der Waals surface area contributed by atoms with E-state index >= 15 is 0 Å². The maximum atomic E-state index is 9.81. The second-order valence-electron chi connectivity index (χ2n) is 1.02. The molecule has 0 saturated carbocycles. The van der Waals surface area contributed by atoms with Gasteiger partial charge in [0.1, 0.15) is 0 Å². The van der Waals surface area contributed by atoms with Crippen LogP contribution in [0.1, 0.15) is 0 Å². The van der Waals surface area contributed by atoms with Crippen molar-refractivity contribution < 1.29 is 56.5 Å². The van der Waals surface area contributed by atoms with Gasteiger partial charge in [-0.15, -0.1) is 0 Å². The lowest BCUT2D eigenvalue weighted by Gasteiger charge is -1.94. The molecule has 110 valence electrons. The Kier molecular flexibility index (Phi) is 23.1. The Hall–Kier alpha value is -0.523. The first-order chi connectivity index (χ1) is 7.20. The third kappa shape index (κ3) is 10300. The zero-order chi connectivity index (χ0) is 15.2. The summed E-state index contributed by atoms with van der Waals surface area (Å²) in [6.07, 6.45) is 0. The van der Waals surface area contributed by atoms with Gasteiger partial charge < -0.3 is 5.21 Å². The zero-order valence-corrected chi connectivity index (χ0v) is 8.83. The Morgan fingerprint density at radius 2 is 1.00 bits per heavy atom. The summed E-state index contributed by atoms with van der Waals surface area (Å²) in [7, 11) is -4.64. The molecule has 0 aromatic heterocycles. The summed E-state index contributed by atoms with van der Waals surface area (Å²) in [4.78, 5) is 0. The second kappa shape index (κ2) is 15.5. The van der Waals surface area contributed by atoms with Crippen LogP contribution in [0.3, 0.4) is 0 Å². The van der Waals surface area contributed by atoms with Gasteiger partial charge in [0.15, 0.2) is 5.57 Å². The molecule has 0 spiro atoms. The third-order valence-electron chi connectivity index (χ3n) is 0. The van der Waals surface area contributed by atoms with Crippen molar-refractivity contribution in [3.8, 4) is 0 Å². The van der Waals surface area contributed by atoms with Gasteiger partial charge >= 0.3 is 21.4 Å². The minimum absolute atomic E-state index is 2.50. The molecule has 4 nitrogen and oxygen atoms in total. The van der Waals surface area contributed by atoms with E-state index in [9.17, 15) is 47.0 Å². The molecule has 0 radical (unpaired) electrons. The van der Waals surface area contributed by atoms with Crippen LogP contribution in [0.25, 0.3) is 0 Å². The molecule has 0 N–H and O–H groups in total.